The Labute approximate surface area is 135 Å². The van der Waals surface area contributed by atoms with Crippen molar-refractivity contribution in [3.05, 3.63) is 54.1 Å². The van der Waals surface area contributed by atoms with Crippen molar-refractivity contribution in [2.24, 2.45) is 5.84 Å². The van der Waals surface area contributed by atoms with Gasteiger partial charge in [0.05, 0.1) is 14.7 Å². The minimum absolute atomic E-state index is 0.200. The van der Waals surface area contributed by atoms with Crippen molar-refractivity contribution >= 4 is 57.7 Å². The van der Waals surface area contributed by atoms with E-state index in [-0.39, 0.29) is 6.04 Å². The number of halogens is 4. The van der Waals surface area contributed by atoms with E-state index in [2.05, 4.69) is 5.43 Å². The molecule has 19 heavy (non-hydrogen) atoms. The molecule has 3 N–H and O–H groups in total. The number of nitrogens with one attached hydrogen (secondary N) is 1. The van der Waals surface area contributed by atoms with Gasteiger partial charge in [0.2, 0.25) is 0 Å². The minimum Gasteiger partial charge on any atom is -0.271 e. The van der Waals surface area contributed by atoms with Gasteiger partial charge in [-0.1, -0.05) is 52.5 Å². The average molecular weight is 356 g/mol. The van der Waals surface area contributed by atoms with Crippen LogP contribution in [0.5, 0.6) is 0 Å². The lowest BCUT2D eigenvalue weighted by Crippen LogP contribution is -2.29. The van der Waals surface area contributed by atoms with Crippen LogP contribution in [-0.2, 0) is 6.42 Å². The standard InChI is InChI=1S/C12H10Cl4N2S/c13-8-2-1-3-9(14)6(8)4-10(18-17)7-5-11(15)19-12(7)16/h1-3,5,10,18H,4,17H2. The predicted molar refractivity (Wildman–Crippen MR) is 84.6 cm³/mol. The van der Waals surface area contributed by atoms with Gasteiger partial charge in [0.25, 0.3) is 0 Å². The highest BCUT2D eigenvalue weighted by Crippen LogP contribution is 2.37. The van der Waals surface area contributed by atoms with Gasteiger partial charge in [-0.2, -0.15) is 0 Å². The molecule has 1 aromatic carbocycles. The van der Waals surface area contributed by atoms with Crippen LogP contribution in [0.4, 0.5) is 0 Å². The van der Waals surface area contributed by atoms with Crippen LogP contribution >= 0.6 is 57.7 Å². The van der Waals surface area contributed by atoms with Crippen LogP contribution < -0.4 is 11.3 Å². The molecule has 1 aromatic heterocycles. The van der Waals surface area contributed by atoms with E-state index < -0.39 is 0 Å². The second-order valence-electron chi connectivity index (χ2n) is 3.90. The molecule has 0 radical (unpaired) electrons. The summed E-state index contributed by atoms with van der Waals surface area (Å²) in [5.41, 5.74) is 4.39. The third-order valence-corrected chi connectivity index (χ3v) is 4.96. The van der Waals surface area contributed by atoms with E-state index in [9.17, 15) is 0 Å². The molecule has 2 aromatic rings. The fraction of sp³-hybridized carbons (Fsp3) is 0.167. The lowest BCUT2D eigenvalue weighted by atomic mass is 10.0. The van der Waals surface area contributed by atoms with Crippen molar-refractivity contribution in [1.82, 2.24) is 5.43 Å². The number of nitrogens with two attached hydrogens (primary N) is 1. The summed E-state index contributed by atoms with van der Waals surface area (Å²) in [7, 11) is 0. The average Bonchev–Trinajstić information content (AvgIpc) is 2.68. The molecule has 1 heterocycles. The first-order valence-electron chi connectivity index (χ1n) is 5.36. The molecule has 0 aliphatic rings. The predicted octanol–water partition coefficient (Wildman–Crippen LogP) is 5.11. The van der Waals surface area contributed by atoms with Crippen LogP contribution in [-0.4, -0.2) is 0 Å². The number of benzene rings is 1. The van der Waals surface area contributed by atoms with E-state index >= 15 is 0 Å². The summed E-state index contributed by atoms with van der Waals surface area (Å²) in [6.45, 7) is 0. The Hall–Kier alpha value is -0.0000000000000000555. The molecule has 0 saturated carbocycles. The van der Waals surface area contributed by atoms with Crippen molar-refractivity contribution in [3.8, 4) is 0 Å². The van der Waals surface area contributed by atoms with E-state index in [4.69, 9.17) is 52.2 Å². The van der Waals surface area contributed by atoms with Gasteiger partial charge in [0.15, 0.2) is 0 Å². The van der Waals surface area contributed by atoms with Crippen LogP contribution in [0, 0.1) is 0 Å². The first kappa shape index (κ1) is 15.4. The van der Waals surface area contributed by atoms with Gasteiger partial charge < -0.3 is 0 Å². The third kappa shape index (κ3) is 3.56. The van der Waals surface area contributed by atoms with Crippen LogP contribution in [0.2, 0.25) is 18.7 Å². The molecule has 1 unspecified atom stereocenters. The van der Waals surface area contributed by atoms with Gasteiger partial charge in [-0.05, 0) is 30.2 Å². The molecule has 0 aliphatic carbocycles. The normalized spacial score (nSPS) is 12.7. The first-order chi connectivity index (χ1) is 9.02. The summed E-state index contributed by atoms with van der Waals surface area (Å²) >= 11 is 25.7. The zero-order chi connectivity index (χ0) is 14.0. The highest BCUT2D eigenvalue weighted by atomic mass is 35.5. The van der Waals surface area contributed by atoms with E-state index in [0.29, 0.717) is 25.1 Å². The molecule has 7 heteroatoms. The Bertz CT molecular complexity index is 565. The smallest absolute Gasteiger partial charge is 0.0992 e. The lowest BCUT2D eigenvalue weighted by molar-refractivity contribution is 0.554. The second kappa shape index (κ2) is 6.64. The van der Waals surface area contributed by atoms with Crippen LogP contribution in [0.15, 0.2) is 24.3 Å². The SMILES string of the molecule is NNC(Cc1c(Cl)cccc1Cl)c1cc(Cl)sc1Cl. The summed E-state index contributed by atoms with van der Waals surface area (Å²) < 4.78 is 1.22. The first-order valence-corrected chi connectivity index (χ1v) is 7.69. The Balaban J connectivity index is 2.32. The number of hydrazine groups is 1. The summed E-state index contributed by atoms with van der Waals surface area (Å²) in [6, 6.07) is 6.97. The van der Waals surface area contributed by atoms with Crippen LogP contribution in [0.3, 0.4) is 0 Å². The van der Waals surface area contributed by atoms with Gasteiger partial charge in [-0.25, -0.2) is 0 Å². The van der Waals surface area contributed by atoms with Crippen LogP contribution in [0.25, 0.3) is 0 Å². The molecular formula is C12H10Cl4N2S. The molecule has 0 saturated heterocycles. The van der Waals surface area contributed by atoms with Crippen molar-refractivity contribution < 1.29 is 0 Å². The fourth-order valence-electron chi connectivity index (χ4n) is 1.78. The molecule has 2 nitrogen and oxygen atoms in total. The minimum atomic E-state index is -0.200. The second-order valence-corrected chi connectivity index (χ2v) is 7.00. The maximum atomic E-state index is 6.15. The van der Waals surface area contributed by atoms with Gasteiger partial charge in [0, 0.05) is 15.6 Å². The van der Waals surface area contributed by atoms with Gasteiger partial charge >= 0.3 is 0 Å². The van der Waals surface area contributed by atoms with Gasteiger partial charge in [0.1, 0.15) is 0 Å². The molecule has 1 atom stereocenters. The largest absolute Gasteiger partial charge is 0.271 e. The molecule has 0 fully saturated rings. The van der Waals surface area contributed by atoms with E-state index in [1.54, 1.807) is 24.3 Å². The maximum absolute atomic E-state index is 6.15. The zero-order valence-corrected chi connectivity index (χ0v) is 13.4. The summed E-state index contributed by atoms with van der Waals surface area (Å²) in [5.74, 6) is 5.60. The topological polar surface area (TPSA) is 38.0 Å². The maximum Gasteiger partial charge on any atom is 0.0992 e. The Kier molecular flexibility index (Phi) is 5.37. The Morgan fingerprint density at radius 3 is 2.26 bits per heavy atom. The van der Waals surface area contributed by atoms with Crippen molar-refractivity contribution in [2.45, 2.75) is 12.5 Å². The van der Waals surface area contributed by atoms with Crippen molar-refractivity contribution in [1.29, 1.82) is 0 Å². The van der Waals surface area contributed by atoms with Gasteiger partial charge in [-0.3, -0.25) is 11.3 Å². The highest BCUT2D eigenvalue weighted by Gasteiger charge is 2.19. The Morgan fingerprint density at radius 2 is 1.79 bits per heavy atom. The highest BCUT2D eigenvalue weighted by molar-refractivity contribution is 7.20. The molecule has 0 aliphatic heterocycles. The molecule has 0 amide bonds. The molecule has 2 rings (SSSR count). The number of rotatable bonds is 4. The summed E-state index contributed by atoms with van der Waals surface area (Å²) in [5, 5.41) is 1.20. The summed E-state index contributed by atoms with van der Waals surface area (Å²) in [6.07, 6.45) is 0.530. The van der Waals surface area contributed by atoms with Crippen LogP contribution in [0.1, 0.15) is 17.2 Å². The Morgan fingerprint density at radius 1 is 1.16 bits per heavy atom. The quantitative estimate of drug-likeness (QED) is 0.590. The monoisotopic (exact) mass is 354 g/mol. The number of thiophene rings is 1. The van der Waals surface area contributed by atoms with Crippen molar-refractivity contribution in [3.63, 3.8) is 0 Å². The van der Waals surface area contributed by atoms with Crippen molar-refractivity contribution in [2.75, 3.05) is 0 Å². The number of hydrogen-bond donors (Lipinski definition) is 2. The molecule has 102 valence electrons. The van der Waals surface area contributed by atoms with E-state index in [0.717, 1.165) is 11.1 Å². The molecule has 0 bridgehead atoms. The zero-order valence-electron chi connectivity index (χ0n) is 9.59. The van der Waals surface area contributed by atoms with E-state index in [1.807, 2.05) is 0 Å². The van der Waals surface area contributed by atoms with E-state index in [1.165, 1.54) is 11.3 Å². The molecular weight excluding hydrogens is 346 g/mol. The summed E-state index contributed by atoms with van der Waals surface area (Å²) in [4.78, 5) is 0. The number of hydrogen-bond acceptors (Lipinski definition) is 3. The third-order valence-electron chi connectivity index (χ3n) is 2.73. The fourth-order valence-corrected chi connectivity index (χ4v) is 3.91. The molecule has 0 spiro atoms. The van der Waals surface area contributed by atoms with Gasteiger partial charge in [-0.15, -0.1) is 11.3 Å². The lowest BCUT2D eigenvalue weighted by Gasteiger charge is -2.17.